The Morgan fingerprint density at radius 2 is 2.00 bits per heavy atom. The third-order valence-corrected chi connectivity index (χ3v) is 6.41. The van der Waals surface area contributed by atoms with Crippen molar-refractivity contribution >= 4 is 21.4 Å². The Balaban J connectivity index is 2.70. The lowest BCUT2D eigenvalue weighted by atomic mass is 9.82. The van der Waals surface area contributed by atoms with E-state index in [0.29, 0.717) is 17.3 Å². The van der Waals surface area contributed by atoms with E-state index in [2.05, 4.69) is 32.4 Å². The van der Waals surface area contributed by atoms with Gasteiger partial charge in [0.25, 0.3) is 0 Å². The lowest BCUT2D eigenvalue weighted by Crippen LogP contribution is -2.33. The van der Waals surface area contributed by atoms with Gasteiger partial charge in [-0.2, -0.15) is 0 Å². The topological polar surface area (TPSA) is 72.2 Å². The maximum atomic E-state index is 12.1. The third-order valence-electron chi connectivity index (χ3n) is 3.35. The molecule has 3 N–H and O–H groups in total. The fraction of sp³-hybridized carbons (Fsp3) is 0.692. The molecule has 0 radical (unpaired) electrons. The minimum atomic E-state index is -3.39. The summed E-state index contributed by atoms with van der Waals surface area (Å²) in [6.07, 6.45) is 0.721. The Morgan fingerprint density at radius 1 is 1.37 bits per heavy atom. The minimum Gasteiger partial charge on any atom is -0.330 e. The van der Waals surface area contributed by atoms with Crippen LogP contribution in [0.25, 0.3) is 0 Å². The number of nitrogens with one attached hydrogen (secondary N) is 1. The van der Waals surface area contributed by atoms with Crippen molar-refractivity contribution in [3.8, 4) is 0 Å². The molecule has 0 saturated carbocycles. The lowest BCUT2D eigenvalue weighted by Gasteiger charge is -2.27. The zero-order valence-corrected chi connectivity index (χ0v) is 13.7. The summed E-state index contributed by atoms with van der Waals surface area (Å²) < 4.78 is 27.4. The van der Waals surface area contributed by atoms with E-state index in [1.807, 2.05) is 6.07 Å². The summed E-state index contributed by atoms with van der Waals surface area (Å²) >= 11 is 1.29. The first-order chi connectivity index (χ1) is 8.66. The van der Waals surface area contributed by atoms with E-state index in [-0.39, 0.29) is 11.3 Å². The molecule has 4 nitrogen and oxygen atoms in total. The van der Waals surface area contributed by atoms with Gasteiger partial charge in [-0.15, -0.1) is 11.3 Å². The van der Waals surface area contributed by atoms with Gasteiger partial charge in [0.05, 0.1) is 0 Å². The normalized spacial score (nSPS) is 14.6. The van der Waals surface area contributed by atoms with Gasteiger partial charge < -0.3 is 5.73 Å². The van der Waals surface area contributed by atoms with Crippen molar-refractivity contribution in [1.29, 1.82) is 0 Å². The molecule has 6 heteroatoms. The molecular formula is C13H24N2O2S2. The zero-order chi connectivity index (χ0) is 14.7. The molecule has 0 spiro atoms. The molecule has 0 aliphatic rings. The average Bonchev–Trinajstić information content (AvgIpc) is 2.74. The van der Waals surface area contributed by atoms with Crippen LogP contribution < -0.4 is 10.5 Å². The van der Waals surface area contributed by atoms with Crippen molar-refractivity contribution in [2.75, 3.05) is 13.1 Å². The monoisotopic (exact) mass is 304 g/mol. The molecule has 1 atom stereocenters. The molecule has 110 valence electrons. The molecule has 0 amide bonds. The predicted octanol–water partition coefficient (Wildman–Crippen LogP) is 2.21. The van der Waals surface area contributed by atoms with Crippen LogP contribution in [0.3, 0.4) is 0 Å². The van der Waals surface area contributed by atoms with Crippen LogP contribution in [0.1, 0.15) is 32.6 Å². The first-order valence-electron chi connectivity index (χ1n) is 6.45. The Hall–Kier alpha value is -0.430. The number of hydrogen-bond acceptors (Lipinski definition) is 4. The lowest BCUT2D eigenvalue weighted by molar-refractivity contribution is 0.263. The van der Waals surface area contributed by atoms with Gasteiger partial charge in [0.2, 0.25) is 10.0 Å². The summed E-state index contributed by atoms with van der Waals surface area (Å²) in [6, 6.07) is 3.49. The molecule has 1 rings (SSSR count). The predicted molar refractivity (Wildman–Crippen MR) is 80.9 cm³/mol. The molecule has 0 fully saturated rings. The molecule has 0 bridgehead atoms. The van der Waals surface area contributed by atoms with Crippen LogP contribution in [0.5, 0.6) is 0 Å². The highest BCUT2D eigenvalue weighted by atomic mass is 32.2. The number of thiophene rings is 1. The van der Waals surface area contributed by atoms with Gasteiger partial charge >= 0.3 is 0 Å². The van der Waals surface area contributed by atoms with E-state index >= 15 is 0 Å². The first kappa shape index (κ1) is 16.6. The van der Waals surface area contributed by atoms with Crippen molar-refractivity contribution in [2.45, 2.75) is 38.3 Å². The maximum absolute atomic E-state index is 12.1. The molecule has 0 saturated heterocycles. The molecule has 0 aromatic carbocycles. The highest BCUT2D eigenvalue weighted by Gasteiger charge is 2.23. The summed E-state index contributed by atoms with van der Waals surface area (Å²) in [4.78, 5) is 1.01. The second-order valence-electron chi connectivity index (χ2n) is 5.88. The molecule has 0 aliphatic heterocycles. The van der Waals surface area contributed by atoms with Crippen LogP contribution in [0.4, 0.5) is 0 Å². The van der Waals surface area contributed by atoms with E-state index < -0.39 is 10.0 Å². The van der Waals surface area contributed by atoms with Crippen molar-refractivity contribution in [3.05, 3.63) is 17.0 Å². The zero-order valence-electron chi connectivity index (χ0n) is 12.1. The number of sulfonamides is 1. The number of rotatable bonds is 6. The van der Waals surface area contributed by atoms with Gasteiger partial charge in [0.15, 0.2) is 0 Å². The summed E-state index contributed by atoms with van der Waals surface area (Å²) in [7, 11) is -3.39. The smallest absolute Gasteiger partial charge is 0.250 e. The van der Waals surface area contributed by atoms with Crippen LogP contribution >= 0.6 is 11.3 Å². The van der Waals surface area contributed by atoms with E-state index in [1.54, 1.807) is 6.07 Å². The van der Waals surface area contributed by atoms with Crippen LogP contribution in [0.15, 0.2) is 16.3 Å². The fourth-order valence-corrected chi connectivity index (χ4v) is 3.94. The van der Waals surface area contributed by atoms with Gasteiger partial charge in [-0.05, 0) is 36.4 Å². The van der Waals surface area contributed by atoms with Crippen LogP contribution in [-0.2, 0) is 16.4 Å². The molecular weight excluding hydrogens is 280 g/mol. The van der Waals surface area contributed by atoms with Gasteiger partial charge in [-0.1, -0.05) is 27.7 Å². The van der Waals surface area contributed by atoms with E-state index in [9.17, 15) is 8.42 Å². The molecule has 0 aliphatic carbocycles. The highest BCUT2D eigenvalue weighted by molar-refractivity contribution is 7.91. The van der Waals surface area contributed by atoms with Crippen molar-refractivity contribution in [1.82, 2.24) is 4.72 Å². The van der Waals surface area contributed by atoms with E-state index in [1.165, 1.54) is 11.3 Å². The Bertz CT molecular complexity index is 501. The first-order valence-corrected chi connectivity index (χ1v) is 8.75. The van der Waals surface area contributed by atoms with Crippen molar-refractivity contribution in [3.63, 3.8) is 0 Å². The van der Waals surface area contributed by atoms with E-state index in [0.717, 1.165) is 11.3 Å². The van der Waals surface area contributed by atoms with Gasteiger partial charge in [0, 0.05) is 11.4 Å². The Morgan fingerprint density at radius 3 is 2.53 bits per heavy atom. The highest BCUT2D eigenvalue weighted by Crippen LogP contribution is 2.26. The third kappa shape index (κ3) is 4.87. The Kier molecular flexibility index (Phi) is 5.55. The Labute approximate surface area is 120 Å². The average molecular weight is 304 g/mol. The largest absolute Gasteiger partial charge is 0.330 e. The van der Waals surface area contributed by atoms with Crippen LogP contribution in [0.2, 0.25) is 0 Å². The summed E-state index contributed by atoms with van der Waals surface area (Å²) in [5, 5.41) is 0. The minimum absolute atomic E-state index is 0.0860. The van der Waals surface area contributed by atoms with Crippen LogP contribution in [-0.4, -0.2) is 21.5 Å². The van der Waals surface area contributed by atoms with Crippen LogP contribution in [0, 0.1) is 11.3 Å². The molecule has 1 unspecified atom stereocenters. The quantitative estimate of drug-likeness (QED) is 0.846. The van der Waals surface area contributed by atoms with Crippen molar-refractivity contribution in [2.24, 2.45) is 17.1 Å². The molecule has 1 aromatic heterocycles. The van der Waals surface area contributed by atoms with E-state index in [4.69, 9.17) is 5.73 Å². The summed E-state index contributed by atoms with van der Waals surface area (Å²) in [5.74, 6) is 0.269. The standard InChI is InChI=1S/C13H24N2O2S2/c1-10(13(2,3)4)9-15-19(16,17)12-6-5-11(18-12)7-8-14/h5-6,10,15H,7-9,14H2,1-4H3. The molecule has 1 heterocycles. The van der Waals surface area contributed by atoms with Gasteiger partial charge in [-0.3, -0.25) is 0 Å². The summed E-state index contributed by atoms with van der Waals surface area (Å²) in [6.45, 7) is 9.37. The SMILES string of the molecule is CC(CNS(=O)(=O)c1ccc(CCN)s1)C(C)(C)C. The second-order valence-corrected chi connectivity index (χ2v) is 9.04. The maximum Gasteiger partial charge on any atom is 0.250 e. The fourth-order valence-electron chi connectivity index (χ4n) is 1.39. The molecule has 1 aromatic rings. The van der Waals surface area contributed by atoms with Gasteiger partial charge in [0.1, 0.15) is 4.21 Å². The van der Waals surface area contributed by atoms with Crippen molar-refractivity contribution < 1.29 is 8.42 Å². The molecule has 19 heavy (non-hydrogen) atoms. The number of hydrogen-bond donors (Lipinski definition) is 2. The number of nitrogens with two attached hydrogens (primary N) is 1. The van der Waals surface area contributed by atoms with Gasteiger partial charge in [-0.25, -0.2) is 13.1 Å². The summed E-state index contributed by atoms with van der Waals surface area (Å²) in [5.41, 5.74) is 5.55. The second kappa shape index (κ2) is 6.35.